The number of pyridine rings is 1. The van der Waals surface area contributed by atoms with Gasteiger partial charge < -0.3 is 4.90 Å². The lowest BCUT2D eigenvalue weighted by Crippen LogP contribution is -2.41. The van der Waals surface area contributed by atoms with Gasteiger partial charge in [0.1, 0.15) is 5.65 Å². The Bertz CT molecular complexity index is 1060. The second-order valence-corrected chi connectivity index (χ2v) is 7.24. The third kappa shape index (κ3) is 3.06. The zero-order valence-corrected chi connectivity index (χ0v) is 15.4. The van der Waals surface area contributed by atoms with Gasteiger partial charge in [0.25, 0.3) is 5.56 Å². The average molecular weight is 392 g/mol. The van der Waals surface area contributed by atoms with Crippen LogP contribution in [0.1, 0.15) is 11.3 Å². The minimum absolute atomic E-state index is 0.0701. The number of tetrazole rings is 1. The Labute approximate surface area is 157 Å². The van der Waals surface area contributed by atoms with Crippen LogP contribution in [-0.2, 0) is 24.8 Å². The van der Waals surface area contributed by atoms with Crippen LogP contribution in [0.5, 0.6) is 0 Å². The number of amides is 1. The highest BCUT2D eigenvalue weighted by molar-refractivity contribution is 7.99. The molecule has 26 heavy (non-hydrogen) atoms. The Morgan fingerprint density at radius 2 is 2.23 bits per heavy atom. The smallest absolute Gasteiger partial charge is 0.263 e. The van der Waals surface area contributed by atoms with Crippen molar-refractivity contribution in [3.05, 3.63) is 45.0 Å². The second-order valence-electron chi connectivity index (χ2n) is 5.86. The van der Waals surface area contributed by atoms with E-state index in [2.05, 4.69) is 20.5 Å². The van der Waals surface area contributed by atoms with Crippen LogP contribution < -0.4 is 5.56 Å². The van der Waals surface area contributed by atoms with E-state index in [4.69, 9.17) is 11.6 Å². The van der Waals surface area contributed by atoms with Crippen molar-refractivity contribution in [3.8, 4) is 0 Å². The Morgan fingerprint density at radius 1 is 1.38 bits per heavy atom. The van der Waals surface area contributed by atoms with Crippen molar-refractivity contribution in [2.45, 2.75) is 18.1 Å². The summed E-state index contributed by atoms with van der Waals surface area (Å²) in [6.07, 6.45) is 2.09. The molecule has 11 heteroatoms. The fraction of sp³-hybridized carbons (Fsp3) is 0.333. The molecule has 0 fully saturated rings. The maximum atomic E-state index is 12.8. The maximum absolute atomic E-state index is 12.8. The highest BCUT2D eigenvalue weighted by Gasteiger charge is 2.25. The molecule has 0 aliphatic carbocycles. The lowest BCUT2D eigenvalue weighted by molar-refractivity contribution is -0.129. The van der Waals surface area contributed by atoms with Crippen LogP contribution >= 0.6 is 23.4 Å². The number of aromatic nitrogens is 6. The number of halogens is 1. The van der Waals surface area contributed by atoms with Crippen LogP contribution in [0.15, 0.2) is 28.3 Å². The molecule has 0 bridgehead atoms. The summed E-state index contributed by atoms with van der Waals surface area (Å²) >= 11 is 7.25. The van der Waals surface area contributed by atoms with Gasteiger partial charge in [0, 0.05) is 26.2 Å². The topological polar surface area (TPSA) is 98.3 Å². The second kappa shape index (κ2) is 6.69. The minimum atomic E-state index is -0.185. The van der Waals surface area contributed by atoms with Crippen molar-refractivity contribution >= 4 is 34.9 Å². The number of nitrogens with zero attached hydrogens (tertiary/aromatic N) is 7. The Hall–Kier alpha value is -2.46. The van der Waals surface area contributed by atoms with Crippen molar-refractivity contribution in [2.24, 2.45) is 7.05 Å². The fourth-order valence-electron chi connectivity index (χ4n) is 2.85. The molecule has 0 atom stereocenters. The quantitative estimate of drug-likeness (QED) is 0.601. The van der Waals surface area contributed by atoms with Gasteiger partial charge in [-0.05, 0) is 22.6 Å². The summed E-state index contributed by atoms with van der Waals surface area (Å²) in [6.45, 7) is 0.771. The molecule has 0 aromatic carbocycles. The SMILES string of the molecule is Cn1nnnc1SCC(=O)N1CCc2nc3ccc(Cl)cn3c(=O)c2C1. The predicted octanol–water partition coefficient (Wildman–Crippen LogP) is 0.548. The summed E-state index contributed by atoms with van der Waals surface area (Å²) in [6, 6.07) is 3.42. The molecular weight excluding hydrogens is 378 g/mol. The number of hydrogen-bond acceptors (Lipinski definition) is 7. The fourth-order valence-corrected chi connectivity index (χ4v) is 3.76. The molecule has 134 valence electrons. The molecule has 0 spiro atoms. The van der Waals surface area contributed by atoms with E-state index < -0.39 is 0 Å². The highest BCUT2D eigenvalue weighted by Crippen LogP contribution is 2.19. The van der Waals surface area contributed by atoms with Crippen LogP contribution in [-0.4, -0.2) is 52.7 Å². The van der Waals surface area contributed by atoms with Crippen molar-refractivity contribution in [1.82, 2.24) is 34.5 Å². The molecule has 4 heterocycles. The van der Waals surface area contributed by atoms with Gasteiger partial charge in [-0.2, -0.15) is 0 Å². The molecule has 1 amide bonds. The van der Waals surface area contributed by atoms with E-state index >= 15 is 0 Å². The summed E-state index contributed by atoms with van der Waals surface area (Å²) in [5, 5.41) is 12.1. The van der Waals surface area contributed by atoms with Gasteiger partial charge in [0.15, 0.2) is 0 Å². The van der Waals surface area contributed by atoms with Gasteiger partial charge in [-0.3, -0.25) is 14.0 Å². The Morgan fingerprint density at radius 3 is 3.00 bits per heavy atom. The predicted molar refractivity (Wildman–Crippen MR) is 95.1 cm³/mol. The van der Waals surface area contributed by atoms with Crippen molar-refractivity contribution in [3.63, 3.8) is 0 Å². The molecule has 1 aliphatic rings. The lowest BCUT2D eigenvalue weighted by atomic mass is 10.1. The molecule has 0 unspecified atom stereocenters. The van der Waals surface area contributed by atoms with Crippen molar-refractivity contribution < 1.29 is 4.79 Å². The largest absolute Gasteiger partial charge is 0.337 e. The molecule has 3 aromatic heterocycles. The monoisotopic (exact) mass is 391 g/mol. The van der Waals surface area contributed by atoms with Gasteiger partial charge in [0.05, 0.1) is 28.6 Å². The molecule has 0 saturated carbocycles. The lowest BCUT2D eigenvalue weighted by Gasteiger charge is -2.27. The van der Waals surface area contributed by atoms with Gasteiger partial charge >= 0.3 is 0 Å². The minimum Gasteiger partial charge on any atom is -0.337 e. The molecule has 0 saturated heterocycles. The average Bonchev–Trinajstić information content (AvgIpc) is 3.05. The van der Waals surface area contributed by atoms with Crippen LogP contribution in [0.2, 0.25) is 5.02 Å². The molecule has 1 aliphatic heterocycles. The highest BCUT2D eigenvalue weighted by atomic mass is 35.5. The first-order valence-electron chi connectivity index (χ1n) is 7.85. The van der Waals surface area contributed by atoms with E-state index in [1.807, 2.05) is 0 Å². The van der Waals surface area contributed by atoms with E-state index in [0.717, 1.165) is 5.69 Å². The zero-order chi connectivity index (χ0) is 18.3. The van der Waals surface area contributed by atoms with Crippen molar-refractivity contribution in [2.75, 3.05) is 12.3 Å². The van der Waals surface area contributed by atoms with E-state index in [9.17, 15) is 9.59 Å². The summed E-state index contributed by atoms with van der Waals surface area (Å²) in [7, 11) is 1.72. The third-order valence-corrected chi connectivity index (χ3v) is 5.41. The number of thioether (sulfide) groups is 1. The summed E-state index contributed by atoms with van der Waals surface area (Å²) < 4.78 is 2.94. The molecule has 3 aromatic rings. The zero-order valence-electron chi connectivity index (χ0n) is 13.8. The number of fused-ring (bicyclic) bond motifs is 2. The van der Waals surface area contributed by atoms with E-state index in [0.29, 0.717) is 34.4 Å². The summed E-state index contributed by atoms with van der Waals surface area (Å²) in [5.74, 6) is 0.136. The van der Waals surface area contributed by atoms with E-state index in [-0.39, 0.29) is 23.8 Å². The Balaban J connectivity index is 1.56. The first kappa shape index (κ1) is 17.0. The van der Waals surface area contributed by atoms with Gasteiger partial charge in [-0.25, -0.2) is 9.67 Å². The van der Waals surface area contributed by atoms with Crippen molar-refractivity contribution in [1.29, 1.82) is 0 Å². The first-order valence-corrected chi connectivity index (χ1v) is 9.22. The molecule has 0 N–H and O–H groups in total. The van der Waals surface area contributed by atoms with E-state index in [1.165, 1.54) is 20.8 Å². The van der Waals surface area contributed by atoms with E-state index in [1.54, 1.807) is 30.3 Å². The number of aryl methyl sites for hydroxylation is 1. The molecular formula is C15H14ClN7O2S. The molecule has 4 rings (SSSR count). The number of hydrogen-bond donors (Lipinski definition) is 0. The van der Waals surface area contributed by atoms with Crippen LogP contribution in [0.3, 0.4) is 0 Å². The van der Waals surface area contributed by atoms with Crippen LogP contribution in [0, 0.1) is 0 Å². The summed E-state index contributed by atoms with van der Waals surface area (Å²) in [4.78, 5) is 31.5. The maximum Gasteiger partial charge on any atom is 0.263 e. The molecule has 9 nitrogen and oxygen atoms in total. The molecule has 0 radical (unpaired) electrons. The number of carbonyl (C=O) groups excluding carboxylic acids is 1. The standard InChI is InChI=1S/C15H14ClN7O2S/c1-21-15(18-19-20-21)26-8-13(24)22-5-4-11-10(7-22)14(25)23-6-9(16)2-3-12(23)17-11/h2-3,6H,4-5,7-8H2,1H3. The number of carbonyl (C=O) groups is 1. The first-order chi connectivity index (χ1) is 12.5. The van der Waals surface area contributed by atoms with Gasteiger partial charge in [-0.1, -0.05) is 23.4 Å². The Kier molecular flexibility index (Phi) is 4.37. The van der Waals surface area contributed by atoms with Crippen LogP contribution in [0.25, 0.3) is 5.65 Å². The normalized spacial score (nSPS) is 13.8. The number of rotatable bonds is 3. The van der Waals surface area contributed by atoms with Gasteiger partial charge in [0.2, 0.25) is 11.1 Å². The van der Waals surface area contributed by atoms with Crippen LogP contribution in [0.4, 0.5) is 0 Å². The van der Waals surface area contributed by atoms with Gasteiger partial charge in [-0.15, -0.1) is 5.10 Å². The third-order valence-electron chi connectivity index (χ3n) is 4.19. The summed E-state index contributed by atoms with van der Waals surface area (Å²) in [5.41, 5.74) is 1.65.